The summed E-state index contributed by atoms with van der Waals surface area (Å²) in [6, 6.07) is 0. The third kappa shape index (κ3) is 3.56. The van der Waals surface area contributed by atoms with Gasteiger partial charge in [0, 0.05) is 19.7 Å². The van der Waals surface area contributed by atoms with Crippen molar-refractivity contribution in [2.75, 3.05) is 33.4 Å². The Hall–Kier alpha value is -0.120. The van der Waals surface area contributed by atoms with E-state index >= 15 is 0 Å². The van der Waals surface area contributed by atoms with Crippen molar-refractivity contribution >= 4 is 0 Å². The van der Waals surface area contributed by atoms with Crippen molar-refractivity contribution in [1.29, 1.82) is 0 Å². The van der Waals surface area contributed by atoms with Gasteiger partial charge in [-0.25, -0.2) is 0 Å². The van der Waals surface area contributed by atoms with Gasteiger partial charge in [-0.05, 0) is 19.4 Å². The topological polar surface area (TPSA) is 38.5 Å². The van der Waals surface area contributed by atoms with E-state index in [4.69, 9.17) is 10.5 Å². The standard InChI is InChI=1S/C11H24N2O/c1-4-10(2)7-13(3)8-11(12)5-6-14-9-11/h10H,4-9,12H2,1-3H3. The SMILES string of the molecule is CCC(C)CN(C)CC1(N)CCOC1. The molecule has 0 aromatic rings. The molecule has 0 aromatic heterocycles. The van der Waals surface area contributed by atoms with Gasteiger partial charge in [-0.15, -0.1) is 0 Å². The first-order chi connectivity index (χ1) is 6.56. The molecule has 0 saturated carbocycles. The Labute approximate surface area is 87.6 Å². The molecule has 2 atom stereocenters. The van der Waals surface area contributed by atoms with E-state index in [0.717, 1.165) is 38.6 Å². The predicted molar refractivity (Wildman–Crippen MR) is 59.3 cm³/mol. The van der Waals surface area contributed by atoms with Crippen molar-refractivity contribution in [1.82, 2.24) is 4.90 Å². The number of hydrogen-bond acceptors (Lipinski definition) is 3. The highest BCUT2D eigenvalue weighted by Gasteiger charge is 2.31. The zero-order chi connectivity index (χ0) is 10.6. The summed E-state index contributed by atoms with van der Waals surface area (Å²) in [7, 11) is 2.15. The molecule has 0 amide bonds. The van der Waals surface area contributed by atoms with E-state index in [1.165, 1.54) is 6.42 Å². The summed E-state index contributed by atoms with van der Waals surface area (Å²) in [4.78, 5) is 2.34. The maximum Gasteiger partial charge on any atom is 0.0659 e. The van der Waals surface area contributed by atoms with Crippen molar-refractivity contribution < 1.29 is 4.74 Å². The van der Waals surface area contributed by atoms with Crippen LogP contribution in [0.25, 0.3) is 0 Å². The molecule has 14 heavy (non-hydrogen) atoms. The van der Waals surface area contributed by atoms with Crippen LogP contribution in [0.15, 0.2) is 0 Å². The van der Waals surface area contributed by atoms with E-state index in [9.17, 15) is 0 Å². The van der Waals surface area contributed by atoms with Crippen LogP contribution >= 0.6 is 0 Å². The van der Waals surface area contributed by atoms with Crippen LogP contribution in [0.5, 0.6) is 0 Å². The molecule has 1 aliphatic rings. The maximum atomic E-state index is 6.21. The van der Waals surface area contributed by atoms with Crippen LogP contribution in [0.3, 0.4) is 0 Å². The molecule has 1 aliphatic heterocycles. The minimum atomic E-state index is -0.0950. The smallest absolute Gasteiger partial charge is 0.0659 e. The molecular weight excluding hydrogens is 176 g/mol. The lowest BCUT2D eigenvalue weighted by molar-refractivity contribution is 0.156. The minimum absolute atomic E-state index is 0.0950. The van der Waals surface area contributed by atoms with Gasteiger partial charge in [0.2, 0.25) is 0 Å². The van der Waals surface area contributed by atoms with E-state index in [2.05, 4.69) is 25.8 Å². The lowest BCUT2D eigenvalue weighted by Gasteiger charge is -2.29. The van der Waals surface area contributed by atoms with Gasteiger partial charge in [-0.1, -0.05) is 20.3 Å². The summed E-state index contributed by atoms with van der Waals surface area (Å²) in [5, 5.41) is 0. The highest BCUT2D eigenvalue weighted by atomic mass is 16.5. The van der Waals surface area contributed by atoms with Crippen LogP contribution in [0.4, 0.5) is 0 Å². The van der Waals surface area contributed by atoms with Crippen LogP contribution in [0.2, 0.25) is 0 Å². The Morgan fingerprint density at radius 3 is 2.79 bits per heavy atom. The maximum absolute atomic E-state index is 6.21. The van der Waals surface area contributed by atoms with E-state index in [1.807, 2.05) is 0 Å². The van der Waals surface area contributed by atoms with Crippen molar-refractivity contribution in [3.05, 3.63) is 0 Å². The molecule has 3 nitrogen and oxygen atoms in total. The number of nitrogens with zero attached hydrogens (tertiary/aromatic N) is 1. The molecule has 84 valence electrons. The van der Waals surface area contributed by atoms with Gasteiger partial charge in [0.15, 0.2) is 0 Å². The second-order valence-electron chi connectivity index (χ2n) is 4.88. The number of nitrogens with two attached hydrogens (primary N) is 1. The lowest BCUT2D eigenvalue weighted by atomic mass is 9.99. The number of ether oxygens (including phenoxy) is 1. The van der Waals surface area contributed by atoms with Gasteiger partial charge in [0.25, 0.3) is 0 Å². The molecule has 1 fully saturated rings. The highest BCUT2D eigenvalue weighted by Crippen LogP contribution is 2.17. The third-order valence-corrected chi connectivity index (χ3v) is 3.04. The summed E-state index contributed by atoms with van der Waals surface area (Å²) < 4.78 is 5.34. The molecule has 0 bridgehead atoms. The van der Waals surface area contributed by atoms with E-state index in [-0.39, 0.29) is 5.54 Å². The normalized spacial score (nSPS) is 29.8. The fourth-order valence-electron chi connectivity index (χ4n) is 2.01. The van der Waals surface area contributed by atoms with E-state index in [1.54, 1.807) is 0 Å². The van der Waals surface area contributed by atoms with Gasteiger partial charge in [-0.3, -0.25) is 0 Å². The number of rotatable bonds is 5. The van der Waals surface area contributed by atoms with Crippen LogP contribution in [-0.2, 0) is 4.74 Å². The first kappa shape index (κ1) is 12.0. The summed E-state index contributed by atoms with van der Waals surface area (Å²) >= 11 is 0. The van der Waals surface area contributed by atoms with Crippen molar-refractivity contribution in [2.45, 2.75) is 32.2 Å². The highest BCUT2D eigenvalue weighted by molar-refractivity contribution is 4.90. The average molecular weight is 200 g/mol. The zero-order valence-corrected chi connectivity index (χ0v) is 9.75. The first-order valence-electron chi connectivity index (χ1n) is 5.61. The van der Waals surface area contributed by atoms with Gasteiger partial charge < -0.3 is 15.4 Å². The van der Waals surface area contributed by atoms with Gasteiger partial charge in [0.05, 0.1) is 12.1 Å². The zero-order valence-electron chi connectivity index (χ0n) is 9.75. The van der Waals surface area contributed by atoms with Crippen LogP contribution in [0, 0.1) is 5.92 Å². The molecule has 0 spiro atoms. The van der Waals surface area contributed by atoms with Gasteiger partial charge >= 0.3 is 0 Å². The molecule has 2 N–H and O–H groups in total. The van der Waals surface area contributed by atoms with E-state index < -0.39 is 0 Å². The molecular formula is C11H24N2O. The third-order valence-electron chi connectivity index (χ3n) is 3.04. The number of hydrogen-bond donors (Lipinski definition) is 1. The Morgan fingerprint density at radius 2 is 2.29 bits per heavy atom. The average Bonchev–Trinajstić information content (AvgIpc) is 2.51. The fraction of sp³-hybridized carbons (Fsp3) is 1.00. The van der Waals surface area contributed by atoms with Crippen LogP contribution < -0.4 is 5.73 Å². The van der Waals surface area contributed by atoms with Gasteiger partial charge in [-0.2, -0.15) is 0 Å². The minimum Gasteiger partial charge on any atom is -0.379 e. The quantitative estimate of drug-likeness (QED) is 0.722. The summed E-state index contributed by atoms with van der Waals surface area (Å²) in [6.07, 6.45) is 2.23. The molecule has 1 saturated heterocycles. The van der Waals surface area contributed by atoms with Crippen molar-refractivity contribution in [2.24, 2.45) is 11.7 Å². The van der Waals surface area contributed by atoms with Crippen molar-refractivity contribution in [3.8, 4) is 0 Å². The van der Waals surface area contributed by atoms with E-state index in [0.29, 0.717) is 0 Å². The first-order valence-corrected chi connectivity index (χ1v) is 5.61. The number of likely N-dealkylation sites (N-methyl/N-ethyl adjacent to an activating group) is 1. The predicted octanol–water partition coefficient (Wildman–Crippen LogP) is 1.08. The molecule has 1 rings (SSSR count). The fourth-order valence-corrected chi connectivity index (χ4v) is 2.01. The van der Waals surface area contributed by atoms with Crippen molar-refractivity contribution in [3.63, 3.8) is 0 Å². The largest absolute Gasteiger partial charge is 0.379 e. The Morgan fingerprint density at radius 1 is 1.57 bits per heavy atom. The van der Waals surface area contributed by atoms with Gasteiger partial charge in [0.1, 0.15) is 0 Å². The Bertz CT molecular complexity index is 167. The Balaban J connectivity index is 2.28. The second kappa shape index (κ2) is 5.10. The lowest BCUT2D eigenvalue weighted by Crippen LogP contribution is -2.50. The Kier molecular flexibility index (Phi) is 4.35. The molecule has 0 aliphatic carbocycles. The second-order valence-corrected chi connectivity index (χ2v) is 4.88. The molecule has 0 aromatic carbocycles. The summed E-state index contributed by atoms with van der Waals surface area (Å²) in [6.45, 7) is 8.15. The monoisotopic (exact) mass is 200 g/mol. The summed E-state index contributed by atoms with van der Waals surface area (Å²) in [5.74, 6) is 0.755. The molecule has 3 heteroatoms. The van der Waals surface area contributed by atoms with Crippen LogP contribution in [-0.4, -0.2) is 43.8 Å². The molecule has 1 heterocycles. The molecule has 2 unspecified atom stereocenters. The molecule has 0 radical (unpaired) electrons. The summed E-state index contributed by atoms with van der Waals surface area (Å²) in [5.41, 5.74) is 6.12. The van der Waals surface area contributed by atoms with Crippen LogP contribution in [0.1, 0.15) is 26.7 Å².